The molecule has 0 bridgehead atoms. The van der Waals surface area contributed by atoms with Gasteiger partial charge >= 0.3 is 0 Å². The molecule has 1 rings (SSSR count). The molecular formula is C15H28BrN3. The van der Waals surface area contributed by atoms with Crippen molar-refractivity contribution < 1.29 is 0 Å². The minimum atomic E-state index is 0.298. The van der Waals surface area contributed by atoms with E-state index in [4.69, 9.17) is 0 Å². The molecule has 110 valence electrons. The number of halogens is 1. The second-order valence-electron chi connectivity index (χ2n) is 5.88. The predicted octanol–water partition coefficient (Wildman–Crippen LogP) is 3.84. The molecule has 4 heteroatoms. The van der Waals surface area contributed by atoms with Crippen LogP contribution in [0.1, 0.15) is 51.4 Å². The molecule has 0 amide bonds. The van der Waals surface area contributed by atoms with Gasteiger partial charge in [-0.3, -0.25) is 4.68 Å². The highest BCUT2D eigenvalue weighted by Crippen LogP contribution is 2.31. The van der Waals surface area contributed by atoms with E-state index >= 15 is 0 Å². The molecule has 19 heavy (non-hydrogen) atoms. The minimum Gasteiger partial charge on any atom is -0.316 e. The molecule has 0 aliphatic carbocycles. The minimum absolute atomic E-state index is 0.298. The zero-order valence-corrected chi connectivity index (χ0v) is 14.6. The fourth-order valence-electron chi connectivity index (χ4n) is 2.69. The Bertz CT molecular complexity index is 400. The van der Waals surface area contributed by atoms with Gasteiger partial charge in [-0.15, -0.1) is 0 Å². The standard InChI is InChI=1S/C15H28BrN3/c1-6-8-15(4,11-17-9-7-2)10-13-14(16)12(3)18-19(13)5/h17H,6-11H2,1-5H3. The third kappa shape index (κ3) is 4.60. The highest BCUT2D eigenvalue weighted by atomic mass is 79.9. The number of hydrogen-bond donors (Lipinski definition) is 1. The van der Waals surface area contributed by atoms with Crippen molar-refractivity contribution in [2.45, 2.75) is 53.4 Å². The van der Waals surface area contributed by atoms with Gasteiger partial charge in [-0.05, 0) is 54.1 Å². The molecule has 0 aliphatic heterocycles. The van der Waals surface area contributed by atoms with Crippen LogP contribution < -0.4 is 5.32 Å². The normalized spacial score (nSPS) is 14.6. The van der Waals surface area contributed by atoms with E-state index in [1.54, 1.807) is 0 Å². The van der Waals surface area contributed by atoms with E-state index in [0.29, 0.717) is 5.41 Å². The van der Waals surface area contributed by atoms with Crippen LogP contribution in [0.2, 0.25) is 0 Å². The summed E-state index contributed by atoms with van der Waals surface area (Å²) in [6.45, 7) is 11.1. The Morgan fingerprint density at radius 1 is 1.32 bits per heavy atom. The maximum absolute atomic E-state index is 4.50. The SMILES string of the molecule is CCCNCC(C)(CCC)Cc1c(Br)c(C)nn1C. The van der Waals surface area contributed by atoms with E-state index < -0.39 is 0 Å². The number of hydrogen-bond acceptors (Lipinski definition) is 2. The zero-order chi connectivity index (χ0) is 14.5. The average Bonchev–Trinajstić information content (AvgIpc) is 2.57. The van der Waals surface area contributed by atoms with Gasteiger partial charge in [-0.1, -0.05) is 27.2 Å². The first-order valence-electron chi connectivity index (χ1n) is 7.32. The number of rotatable bonds is 8. The van der Waals surface area contributed by atoms with Crippen molar-refractivity contribution in [1.29, 1.82) is 0 Å². The Morgan fingerprint density at radius 3 is 2.47 bits per heavy atom. The summed E-state index contributed by atoms with van der Waals surface area (Å²) < 4.78 is 3.19. The molecule has 0 aromatic carbocycles. The zero-order valence-electron chi connectivity index (χ0n) is 13.0. The molecule has 1 atom stereocenters. The van der Waals surface area contributed by atoms with E-state index in [9.17, 15) is 0 Å². The second-order valence-corrected chi connectivity index (χ2v) is 6.68. The van der Waals surface area contributed by atoms with Gasteiger partial charge in [0.1, 0.15) is 0 Å². The number of nitrogens with one attached hydrogen (secondary N) is 1. The van der Waals surface area contributed by atoms with Gasteiger partial charge in [0.05, 0.1) is 15.9 Å². The molecule has 0 radical (unpaired) electrons. The Labute approximate surface area is 126 Å². The van der Waals surface area contributed by atoms with Gasteiger partial charge < -0.3 is 5.32 Å². The lowest BCUT2D eigenvalue weighted by atomic mass is 9.81. The molecule has 0 saturated heterocycles. The Hall–Kier alpha value is -0.350. The lowest BCUT2D eigenvalue weighted by Crippen LogP contribution is -2.34. The van der Waals surface area contributed by atoms with Gasteiger partial charge in [0.25, 0.3) is 0 Å². The van der Waals surface area contributed by atoms with E-state index in [1.165, 1.54) is 29.4 Å². The Balaban J connectivity index is 2.81. The van der Waals surface area contributed by atoms with Crippen molar-refractivity contribution in [3.8, 4) is 0 Å². The van der Waals surface area contributed by atoms with Crippen molar-refractivity contribution in [1.82, 2.24) is 15.1 Å². The van der Waals surface area contributed by atoms with Crippen LogP contribution in [-0.2, 0) is 13.5 Å². The van der Waals surface area contributed by atoms with Gasteiger partial charge in [0.15, 0.2) is 0 Å². The van der Waals surface area contributed by atoms with Crippen LogP contribution in [0.15, 0.2) is 4.47 Å². The molecule has 1 unspecified atom stereocenters. The summed E-state index contributed by atoms with van der Waals surface area (Å²) in [4.78, 5) is 0. The number of aromatic nitrogens is 2. The highest BCUT2D eigenvalue weighted by Gasteiger charge is 2.26. The molecular weight excluding hydrogens is 302 g/mol. The largest absolute Gasteiger partial charge is 0.316 e. The monoisotopic (exact) mass is 329 g/mol. The summed E-state index contributed by atoms with van der Waals surface area (Å²) in [5.74, 6) is 0. The summed E-state index contributed by atoms with van der Waals surface area (Å²) in [5.41, 5.74) is 2.69. The Kier molecular flexibility index (Phi) is 6.54. The predicted molar refractivity (Wildman–Crippen MR) is 85.5 cm³/mol. The van der Waals surface area contributed by atoms with Crippen LogP contribution in [0, 0.1) is 12.3 Å². The van der Waals surface area contributed by atoms with Gasteiger partial charge in [-0.25, -0.2) is 0 Å². The van der Waals surface area contributed by atoms with Crippen molar-refractivity contribution >= 4 is 15.9 Å². The molecule has 1 heterocycles. The summed E-state index contributed by atoms with van der Waals surface area (Å²) in [7, 11) is 2.04. The van der Waals surface area contributed by atoms with Crippen LogP contribution in [0.5, 0.6) is 0 Å². The lowest BCUT2D eigenvalue weighted by Gasteiger charge is -2.30. The topological polar surface area (TPSA) is 29.9 Å². The first-order valence-corrected chi connectivity index (χ1v) is 8.11. The van der Waals surface area contributed by atoms with E-state index in [1.807, 2.05) is 11.7 Å². The molecule has 1 aromatic rings. The van der Waals surface area contributed by atoms with Crippen molar-refractivity contribution in [2.24, 2.45) is 12.5 Å². The second kappa shape index (κ2) is 7.44. The first kappa shape index (κ1) is 16.7. The van der Waals surface area contributed by atoms with Crippen LogP contribution in [0.25, 0.3) is 0 Å². The summed E-state index contributed by atoms with van der Waals surface area (Å²) in [6.07, 6.45) is 4.71. The summed E-state index contributed by atoms with van der Waals surface area (Å²) in [6, 6.07) is 0. The maximum Gasteiger partial charge on any atom is 0.0738 e. The molecule has 0 spiro atoms. The molecule has 1 aromatic heterocycles. The maximum atomic E-state index is 4.50. The lowest BCUT2D eigenvalue weighted by molar-refractivity contribution is 0.269. The van der Waals surface area contributed by atoms with Crippen LogP contribution in [0.3, 0.4) is 0 Å². The van der Waals surface area contributed by atoms with Crippen molar-refractivity contribution in [2.75, 3.05) is 13.1 Å². The number of nitrogens with zero attached hydrogens (tertiary/aromatic N) is 2. The first-order chi connectivity index (χ1) is 8.93. The highest BCUT2D eigenvalue weighted by molar-refractivity contribution is 9.10. The summed E-state index contributed by atoms with van der Waals surface area (Å²) in [5, 5.41) is 8.08. The van der Waals surface area contributed by atoms with E-state index in [2.05, 4.69) is 54.0 Å². The number of aryl methyl sites for hydroxylation is 2. The van der Waals surface area contributed by atoms with Gasteiger partial charge in [0, 0.05) is 13.6 Å². The van der Waals surface area contributed by atoms with Crippen LogP contribution in [0.4, 0.5) is 0 Å². The third-order valence-corrected chi connectivity index (χ3v) is 4.72. The van der Waals surface area contributed by atoms with E-state index in [-0.39, 0.29) is 0 Å². The molecule has 0 aliphatic rings. The van der Waals surface area contributed by atoms with Crippen molar-refractivity contribution in [3.05, 3.63) is 15.9 Å². The molecule has 1 N–H and O–H groups in total. The fourth-order valence-corrected chi connectivity index (χ4v) is 3.16. The molecule has 0 fully saturated rings. The van der Waals surface area contributed by atoms with Crippen molar-refractivity contribution in [3.63, 3.8) is 0 Å². The fraction of sp³-hybridized carbons (Fsp3) is 0.800. The molecule has 3 nitrogen and oxygen atoms in total. The van der Waals surface area contributed by atoms with Gasteiger partial charge in [0.2, 0.25) is 0 Å². The molecule has 0 saturated carbocycles. The van der Waals surface area contributed by atoms with Crippen LogP contribution in [-0.4, -0.2) is 22.9 Å². The third-order valence-electron chi connectivity index (χ3n) is 3.69. The smallest absolute Gasteiger partial charge is 0.0738 e. The summed E-state index contributed by atoms with van der Waals surface area (Å²) >= 11 is 3.68. The van der Waals surface area contributed by atoms with Crippen LogP contribution >= 0.6 is 15.9 Å². The quantitative estimate of drug-likeness (QED) is 0.734. The van der Waals surface area contributed by atoms with E-state index in [0.717, 1.165) is 25.2 Å². The Morgan fingerprint density at radius 2 is 2.00 bits per heavy atom. The van der Waals surface area contributed by atoms with Gasteiger partial charge in [-0.2, -0.15) is 5.10 Å². The average molecular weight is 330 g/mol.